The molecule has 0 unspecified atom stereocenters. The number of nitrogen functional groups attached to an aromatic ring is 1. The highest BCUT2D eigenvalue weighted by atomic mass is 79.9. The van der Waals surface area contributed by atoms with E-state index in [0.717, 1.165) is 10.0 Å². The summed E-state index contributed by atoms with van der Waals surface area (Å²) in [6.45, 7) is 0.300. The van der Waals surface area contributed by atoms with E-state index in [1.807, 2.05) is 24.3 Å². The number of ether oxygens (including phenoxy) is 1. The molecule has 0 aliphatic carbocycles. The Morgan fingerprint density at radius 3 is 2.55 bits per heavy atom. The highest BCUT2D eigenvalue weighted by Gasteiger charge is 2.13. The van der Waals surface area contributed by atoms with Gasteiger partial charge in [0.25, 0.3) is 5.69 Å². The van der Waals surface area contributed by atoms with Crippen molar-refractivity contribution in [2.24, 2.45) is 5.84 Å². The van der Waals surface area contributed by atoms with Gasteiger partial charge in [-0.1, -0.05) is 15.9 Å². The van der Waals surface area contributed by atoms with Crippen molar-refractivity contribution in [3.63, 3.8) is 0 Å². The number of hydrogen-bond acceptors (Lipinski definition) is 5. The summed E-state index contributed by atoms with van der Waals surface area (Å²) in [5.41, 5.74) is 3.29. The second kappa shape index (κ2) is 6.36. The van der Waals surface area contributed by atoms with E-state index >= 15 is 0 Å². The van der Waals surface area contributed by atoms with Crippen molar-refractivity contribution in [3.05, 3.63) is 62.6 Å². The first-order valence-electron chi connectivity index (χ1n) is 5.72. The first kappa shape index (κ1) is 14.3. The van der Waals surface area contributed by atoms with E-state index in [1.165, 1.54) is 6.07 Å². The van der Waals surface area contributed by atoms with E-state index in [4.69, 9.17) is 10.6 Å². The molecule has 0 radical (unpaired) electrons. The Hall–Kier alpha value is -2.12. The molecule has 0 fully saturated rings. The largest absolute Gasteiger partial charge is 0.489 e. The van der Waals surface area contributed by atoms with Gasteiger partial charge >= 0.3 is 0 Å². The van der Waals surface area contributed by atoms with E-state index < -0.39 is 4.92 Å². The summed E-state index contributed by atoms with van der Waals surface area (Å²) in [5, 5.41) is 10.8. The van der Waals surface area contributed by atoms with Crippen LogP contribution in [0.25, 0.3) is 0 Å². The molecule has 0 amide bonds. The Morgan fingerprint density at radius 1 is 1.25 bits per heavy atom. The molecule has 104 valence electrons. The lowest BCUT2D eigenvalue weighted by Crippen LogP contribution is -2.09. The maximum atomic E-state index is 10.8. The molecule has 0 heterocycles. The highest BCUT2D eigenvalue weighted by molar-refractivity contribution is 9.10. The van der Waals surface area contributed by atoms with Crippen molar-refractivity contribution in [3.8, 4) is 5.75 Å². The van der Waals surface area contributed by atoms with Crippen LogP contribution < -0.4 is 16.0 Å². The number of halogens is 1. The summed E-state index contributed by atoms with van der Waals surface area (Å²) in [7, 11) is 0. The fourth-order valence-electron chi connectivity index (χ4n) is 1.65. The Labute approximate surface area is 123 Å². The number of benzene rings is 2. The Kier molecular flexibility index (Phi) is 4.54. The number of nitrogens with zero attached hydrogens (tertiary/aromatic N) is 1. The number of nitro benzene ring substituents is 1. The van der Waals surface area contributed by atoms with Crippen molar-refractivity contribution in [2.45, 2.75) is 6.61 Å². The molecule has 2 aromatic rings. The van der Waals surface area contributed by atoms with Gasteiger partial charge in [-0.2, -0.15) is 0 Å². The number of hydrazine groups is 1. The van der Waals surface area contributed by atoms with E-state index in [1.54, 1.807) is 12.1 Å². The van der Waals surface area contributed by atoms with Crippen LogP contribution >= 0.6 is 15.9 Å². The molecule has 0 aliphatic heterocycles. The van der Waals surface area contributed by atoms with Gasteiger partial charge in [-0.25, -0.2) is 0 Å². The van der Waals surface area contributed by atoms with E-state index in [2.05, 4.69) is 21.4 Å². The van der Waals surface area contributed by atoms with Crippen molar-refractivity contribution in [2.75, 3.05) is 5.43 Å². The lowest BCUT2D eigenvalue weighted by Gasteiger charge is -2.08. The number of nitrogens with one attached hydrogen (secondary N) is 1. The molecule has 0 atom stereocenters. The van der Waals surface area contributed by atoms with Crippen LogP contribution in [0.2, 0.25) is 0 Å². The van der Waals surface area contributed by atoms with E-state index in [0.29, 0.717) is 12.4 Å². The lowest BCUT2D eigenvalue weighted by atomic mass is 10.2. The van der Waals surface area contributed by atoms with Crippen LogP contribution in [0, 0.1) is 10.1 Å². The SMILES string of the molecule is NNc1cc(COc2ccc(Br)cc2)ccc1[N+](=O)[O-]. The topological polar surface area (TPSA) is 90.4 Å². The summed E-state index contributed by atoms with van der Waals surface area (Å²) < 4.78 is 6.56. The number of hydrogen-bond donors (Lipinski definition) is 2. The number of nitro groups is 1. The first-order valence-corrected chi connectivity index (χ1v) is 6.52. The van der Waals surface area contributed by atoms with Crippen molar-refractivity contribution < 1.29 is 9.66 Å². The Bertz CT molecular complexity index is 617. The molecule has 0 saturated carbocycles. The zero-order chi connectivity index (χ0) is 14.5. The van der Waals surface area contributed by atoms with Gasteiger partial charge in [-0.15, -0.1) is 0 Å². The monoisotopic (exact) mass is 337 g/mol. The molecule has 2 rings (SSSR count). The van der Waals surface area contributed by atoms with Crippen molar-refractivity contribution in [1.29, 1.82) is 0 Å². The quantitative estimate of drug-likeness (QED) is 0.496. The summed E-state index contributed by atoms with van der Waals surface area (Å²) in [6, 6.07) is 12.0. The molecule has 7 heteroatoms. The lowest BCUT2D eigenvalue weighted by molar-refractivity contribution is -0.384. The van der Waals surface area contributed by atoms with Gasteiger partial charge in [-0.3, -0.25) is 16.0 Å². The summed E-state index contributed by atoms with van der Waals surface area (Å²) >= 11 is 3.34. The first-order chi connectivity index (χ1) is 9.60. The molecule has 0 saturated heterocycles. The summed E-state index contributed by atoms with van der Waals surface area (Å²) in [5.74, 6) is 6.00. The minimum atomic E-state index is -0.492. The molecule has 3 N–H and O–H groups in total. The van der Waals surface area contributed by atoms with Gasteiger partial charge in [-0.05, 0) is 42.0 Å². The van der Waals surface area contributed by atoms with Gasteiger partial charge in [0.15, 0.2) is 0 Å². The highest BCUT2D eigenvalue weighted by Crippen LogP contribution is 2.25. The predicted molar refractivity (Wildman–Crippen MR) is 79.4 cm³/mol. The standard InChI is InChI=1S/C13H12BrN3O3/c14-10-2-4-11(5-3-10)20-8-9-1-6-13(17(18)19)12(7-9)16-15/h1-7,16H,8,15H2. The number of rotatable bonds is 5. The average Bonchev–Trinajstić information content (AvgIpc) is 2.46. The van der Waals surface area contributed by atoms with Gasteiger partial charge < -0.3 is 10.2 Å². The molecule has 0 aromatic heterocycles. The minimum Gasteiger partial charge on any atom is -0.489 e. The van der Waals surface area contributed by atoms with Crippen molar-refractivity contribution in [1.82, 2.24) is 0 Å². The van der Waals surface area contributed by atoms with Gasteiger partial charge in [0.1, 0.15) is 18.0 Å². The maximum Gasteiger partial charge on any atom is 0.293 e. The Morgan fingerprint density at radius 2 is 1.95 bits per heavy atom. The van der Waals surface area contributed by atoms with E-state index in [-0.39, 0.29) is 11.4 Å². The fraction of sp³-hybridized carbons (Fsp3) is 0.0769. The third-order valence-electron chi connectivity index (χ3n) is 2.63. The number of nitrogens with two attached hydrogens (primary N) is 1. The third-order valence-corrected chi connectivity index (χ3v) is 3.16. The fourth-order valence-corrected chi connectivity index (χ4v) is 1.91. The second-order valence-electron chi connectivity index (χ2n) is 4.00. The smallest absolute Gasteiger partial charge is 0.293 e. The van der Waals surface area contributed by atoms with Crippen molar-refractivity contribution >= 4 is 27.3 Å². The van der Waals surface area contributed by atoms with Crippen LogP contribution in [0.5, 0.6) is 5.75 Å². The molecular formula is C13H12BrN3O3. The molecular weight excluding hydrogens is 326 g/mol. The van der Waals surface area contributed by atoms with Crippen LogP contribution in [0.4, 0.5) is 11.4 Å². The molecule has 20 heavy (non-hydrogen) atoms. The van der Waals surface area contributed by atoms with Crippen LogP contribution in [0.15, 0.2) is 46.9 Å². The average molecular weight is 338 g/mol. The summed E-state index contributed by atoms with van der Waals surface area (Å²) in [4.78, 5) is 10.3. The molecule has 0 aliphatic rings. The van der Waals surface area contributed by atoms with Crippen LogP contribution in [-0.4, -0.2) is 4.92 Å². The predicted octanol–water partition coefficient (Wildman–Crippen LogP) is 3.22. The van der Waals surface area contributed by atoms with Gasteiger partial charge in [0.2, 0.25) is 0 Å². The van der Waals surface area contributed by atoms with Gasteiger partial charge in [0.05, 0.1) is 4.92 Å². The van der Waals surface area contributed by atoms with E-state index in [9.17, 15) is 10.1 Å². The minimum absolute atomic E-state index is 0.0695. The molecule has 2 aromatic carbocycles. The molecule has 0 spiro atoms. The molecule has 6 nitrogen and oxygen atoms in total. The maximum absolute atomic E-state index is 10.8. The normalized spacial score (nSPS) is 10.1. The van der Waals surface area contributed by atoms with Gasteiger partial charge in [0, 0.05) is 10.5 Å². The third kappa shape index (κ3) is 3.46. The molecule has 0 bridgehead atoms. The van der Waals surface area contributed by atoms with Crippen LogP contribution in [0.3, 0.4) is 0 Å². The summed E-state index contributed by atoms with van der Waals surface area (Å²) in [6.07, 6.45) is 0. The zero-order valence-electron chi connectivity index (χ0n) is 10.4. The van der Waals surface area contributed by atoms with Crippen LogP contribution in [0.1, 0.15) is 5.56 Å². The Balaban J connectivity index is 2.10. The second-order valence-corrected chi connectivity index (χ2v) is 4.91. The zero-order valence-corrected chi connectivity index (χ0v) is 12.0. The van der Waals surface area contributed by atoms with Crippen LogP contribution in [-0.2, 0) is 6.61 Å². The number of anilines is 1.